The first kappa shape index (κ1) is 31.8. The van der Waals surface area contributed by atoms with Gasteiger partial charge in [0.1, 0.15) is 11.6 Å². The van der Waals surface area contributed by atoms with Crippen molar-refractivity contribution in [2.75, 3.05) is 27.2 Å². The van der Waals surface area contributed by atoms with Crippen LogP contribution in [-0.2, 0) is 39.6 Å². The van der Waals surface area contributed by atoms with Crippen LogP contribution in [0.5, 0.6) is 0 Å². The molecule has 0 aliphatic heterocycles. The lowest BCUT2D eigenvalue weighted by atomic mass is 10.0. The number of aromatic nitrogens is 4. The highest BCUT2D eigenvalue weighted by Gasteiger charge is 2.18. The van der Waals surface area contributed by atoms with E-state index in [4.69, 9.17) is 0 Å². The SMILES string of the molecule is CCCN(CCC)Cc1ccc(CC(=O)c2ccc(CN(Cc3nccn3C)Cc3nccn3C(=O)N(C)C)cc2)cc1. The molecule has 9 heteroatoms. The number of Topliss-reactive ketones (excluding diaryl/α,β-unsaturated/α-hetero) is 1. The first-order chi connectivity index (χ1) is 20.8. The lowest BCUT2D eigenvalue weighted by molar-refractivity contribution is 0.0993. The van der Waals surface area contributed by atoms with Crippen molar-refractivity contribution in [3.63, 3.8) is 0 Å². The molecule has 0 radical (unpaired) electrons. The fraction of sp³-hybridized carbons (Fsp3) is 0.412. The zero-order chi connectivity index (χ0) is 30.8. The summed E-state index contributed by atoms with van der Waals surface area (Å²) >= 11 is 0. The highest BCUT2D eigenvalue weighted by Crippen LogP contribution is 2.16. The zero-order valence-corrected chi connectivity index (χ0v) is 26.2. The Labute approximate surface area is 255 Å². The fourth-order valence-electron chi connectivity index (χ4n) is 5.22. The molecular formula is C34H45N7O2. The van der Waals surface area contributed by atoms with E-state index in [0.717, 1.165) is 49.4 Å². The normalized spacial score (nSPS) is 11.4. The Bertz CT molecular complexity index is 1450. The van der Waals surface area contributed by atoms with Gasteiger partial charge >= 0.3 is 6.03 Å². The summed E-state index contributed by atoms with van der Waals surface area (Å²) in [7, 11) is 5.43. The van der Waals surface area contributed by atoms with Gasteiger partial charge in [0.25, 0.3) is 0 Å². The Morgan fingerprint density at radius 1 is 0.698 bits per heavy atom. The molecule has 0 aliphatic carbocycles. The van der Waals surface area contributed by atoms with Gasteiger partial charge in [0.15, 0.2) is 5.78 Å². The number of amides is 1. The first-order valence-corrected chi connectivity index (χ1v) is 15.1. The highest BCUT2D eigenvalue weighted by atomic mass is 16.2. The van der Waals surface area contributed by atoms with Gasteiger partial charge in [0.05, 0.1) is 13.1 Å². The summed E-state index contributed by atoms with van der Waals surface area (Å²) in [6, 6.07) is 16.2. The summed E-state index contributed by atoms with van der Waals surface area (Å²) < 4.78 is 3.57. The minimum Gasteiger partial charge on any atom is -0.337 e. The lowest BCUT2D eigenvalue weighted by Gasteiger charge is -2.23. The molecule has 4 rings (SSSR count). The quantitative estimate of drug-likeness (QED) is 0.175. The molecule has 2 aromatic carbocycles. The number of hydrogen-bond donors (Lipinski definition) is 0. The first-order valence-electron chi connectivity index (χ1n) is 15.1. The second kappa shape index (κ2) is 15.4. The van der Waals surface area contributed by atoms with Crippen molar-refractivity contribution in [2.24, 2.45) is 7.05 Å². The summed E-state index contributed by atoms with van der Waals surface area (Å²) in [6.07, 6.45) is 9.72. The molecule has 0 fully saturated rings. The number of ketones is 1. The van der Waals surface area contributed by atoms with Gasteiger partial charge < -0.3 is 9.47 Å². The van der Waals surface area contributed by atoms with E-state index < -0.39 is 0 Å². The molecule has 0 bridgehead atoms. The van der Waals surface area contributed by atoms with E-state index in [2.05, 4.69) is 57.9 Å². The van der Waals surface area contributed by atoms with Crippen molar-refractivity contribution < 1.29 is 9.59 Å². The molecule has 0 spiro atoms. The maximum Gasteiger partial charge on any atom is 0.329 e. The molecule has 1 amide bonds. The second-order valence-corrected chi connectivity index (χ2v) is 11.4. The summed E-state index contributed by atoms with van der Waals surface area (Å²) in [4.78, 5) is 41.0. The number of benzene rings is 2. The number of hydrogen-bond acceptors (Lipinski definition) is 6. The van der Waals surface area contributed by atoms with E-state index in [9.17, 15) is 9.59 Å². The predicted molar refractivity (Wildman–Crippen MR) is 170 cm³/mol. The van der Waals surface area contributed by atoms with Crippen molar-refractivity contribution in [1.29, 1.82) is 0 Å². The number of carbonyl (C=O) groups excluding carboxylic acids is 2. The van der Waals surface area contributed by atoms with Gasteiger partial charge in [-0.1, -0.05) is 62.4 Å². The maximum absolute atomic E-state index is 13.1. The van der Waals surface area contributed by atoms with E-state index in [0.29, 0.717) is 37.4 Å². The van der Waals surface area contributed by atoms with Crippen LogP contribution in [0.4, 0.5) is 4.79 Å². The van der Waals surface area contributed by atoms with Gasteiger partial charge in [0, 0.05) is 71.0 Å². The zero-order valence-electron chi connectivity index (χ0n) is 26.2. The number of aryl methyl sites for hydroxylation is 1. The van der Waals surface area contributed by atoms with Crippen LogP contribution < -0.4 is 0 Å². The van der Waals surface area contributed by atoms with E-state index in [1.807, 2.05) is 42.1 Å². The molecule has 0 aliphatic rings. The molecule has 2 aromatic heterocycles. The van der Waals surface area contributed by atoms with Crippen LogP contribution in [0.15, 0.2) is 73.3 Å². The summed E-state index contributed by atoms with van der Waals surface area (Å²) in [5, 5.41) is 0. The molecule has 43 heavy (non-hydrogen) atoms. The number of nitrogens with zero attached hydrogens (tertiary/aromatic N) is 7. The number of rotatable bonds is 15. The Hall–Kier alpha value is -4.08. The van der Waals surface area contributed by atoms with Crippen LogP contribution in [0.1, 0.15) is 65.4 Å². The molecule has 9 nitrogen and oxygen atoms in total. The van der Waals surface area contributed by atoms with Crippen molar-refractivity contribution in [3.8, 4) is 0 Å². The Morgan fingerprint density at radius 2 is 1.23 bits per heavy atom. The van der Waals surface area contributed by atoms with Crippen molar-refractivity contribution in [3.05, 3.63) is 107 Å². The van der Waals surface area contributed by atoms with Crippen LogP contribution in [-0.4, -0.2) is 72.8 Å². The summed E-state index contributed by atoms with van der Waals surface area (Å²) in [6.45, 7) is 9.24. The Kier molecular flexibility index (Phi) is 11.4. The van der Waals surface area contributed by atoms with Gasteiger partial charge in [-0.25, -0.2) is 14.8 Å². The van der Waals surface area contributed by atoms with E-state index in [1.165, 1.54) is 10.5 Å². The van der Waals surface area contributed by atoms with Crippen LogP contribution in [0.3, 0.4) is 0 Å². The smallest absolute Gasteiger partial charge is 0.329 e. The van der Waals surface area contributed by atoms with Crippen molar-refractivity contribution in [1.82, 2.24) is 33.8 Å². The number of imidazole rings is 2. The lowest BCUT2D eigenvalue weighted by Crippen LogP contribution is -2.31. The predicted octanol–water partition coefficient (Wildman–Crippen LogP) is 5.40. The molecule has 0 unspecified atom stereocenters. The second-order valence-electron chi connectivity index (χ2n) is 11.4. The minimum atomic E-state index is -0.142. The van der Waals surface area contributed by atoms with Gasteiger partial charge in [-0.3, -0.25) is 19.2 Å². The number of carbonyl (C=O) groups is 2. The molecule has 4 aromatic rings. The van der Waals surface area contributed by atoms with Crippen LogP contribution in [0.25, 0.3) is 0 Å². The van der Waals surface area contributed by atoms with E-state index in [-0.39, 0.29) is 11.8 Å². The highest BCUT2D eigenvalue weighted by molar-refractivity contribution is 5.97. The molecule has 228 valence electrons. The average molecular weight is 584 g/mol. The standard InChI is InChI=1S/C34H45N7O2/c1-6-18-39(19-7-2)23-28-10-8-27(9-11-28)22-31(42)30-14-12-29(13-15-30)24-40(25-32-35-16-20-38(32)5)26-33-36-17-21-41(33)34(43)37(3)4/h8-17,20-21H,6-7,18-19,22-26H2,1-5H3. The van der Waals surface area contributed by atoms with Crippen molar-refractivity contribution in [2.45, 2.75) is 59.3 Å². The molecule has 0 N–H and O–H groups in total. The maximum atomic E-state index is 13.1. The van der Waals surface area contributed by atoms with Crippen molar-refractivity contribution >= 4 is 11.8 Å². The van der Waals surface area contributed by atoms with Gasteiger partial charge in [-0.2, -0.15) is 0 Å². The third-order valence-corrected chi connectivity index (χ3v) is 7.51. The van der Waals surface area contributed by atoms with Gasteiger partial charge in [-0.15, -0.1) is 0 Å². The molecule has 2 heterocycles. The topological polar surface area (TPSA) is 79.5 Å². The fourth-order valence-corrected chi connectivity index (χ4v) is 5.22. The molecule has 0 saturated carbocycles. The third-order valence-electron chi connectivity index (χ3n) is 7.51. The monoisotopic (exact) mass is 583 g/mol. The largest absolute Gasteiger partial charge is 0.337 e. The van der Waals surface area contributed by atoms with Gasteiger partial charge in [-0.05, 0) is 42.6 Å². The molecular weight excluding hydrogens is 538 g/mol. The molecule has 0 saturated heterocycles. The summed E-state index contributed by atoms with van der Waals surface area (Å²) in [5.41, 5.74) is 4.08. The van der Waals surface area contributed by atoms with Gasteiger partial charge in [0.2, 0.25) is 0 Å². The minimum absolute atomic E-state index is 0.104. The van der Waals surface area contributed by atoms with Crippen LogP contribution in [0, 0.1) is 0 Å². The van der Waals surface area contributed by atoms with E-state index >= 15 is 0 Å². The molecule has 0 atom stereocenters. The van der Waals surface area contributed by atoms with Crippen LogP contribution >= 0.6 is 0 Å². The third kappa shape index (κ3) is 8.95. The average Bonchev–Trinajstić information content (AvgIpc) is 3.62. The van der Waals surface area contributed by atoms with Crippen LogP contribution in [0.2, 0.25) is 0 Å². The Balaban J connectivity index is 1.41. The Morgan fingerprint density at radius 3 is 1.81 bits per heavy atom. The van der Waals surface area contributed by atoms with E-state index in [1.54, 1.807) is 37.3 Å². The summed E-state index contributed by atoms with van der Waals surface area (Å²) in [5.74, 6) is 1.68.